The number of fused-ring (bicyclic) bond motifs is 10. The number of amides is 1. The molecule has 4 nitrogen and oxygen atoms in total. The Morgan fingerprint density at radius 3 is 2.83 bits per heavy atom. The van der Waals surface area contributed by atoms with Crippen molar-refractivity contribution in [1.82, 2.24) is 9.88 Å². The molecule has 2 heterocycles. The van der Waals surface area contributed by atoms with E-state index in [1.807, 2.05) is 0 Å². The van der Waals surface area contributed by atoms with E-state index < -0.39 is 0 Å². The maximum absolute atomic E-state index is 12.9. The van der Waals surface area contributed by atoms with Gasteiger partial charge in [-0.3, -0.25) is 4.79 Å². The zero-order chi connectivity index (χ0) is 19.7. The summed E-state index contributed by atoms with van der Waals surface area (Å²) in [5.74, 6) is 0.0405. The fourth-order valence-corrected chi connectivity index (χ4v) is 5.36. The predicted octanol–water partition coefficient (Wildman–Crippen LogP) is 4.30. The largest absolute Gasteiger partial charge is 0.396 e. The first-order chi connectivity index (χ1) is 14.2. The topological polar surface area (TPSA) is 54.3 Å². The van der Waals surface area contributed by atoms with Crippen molar-refractivity contribution in [1.29, 1.82) is 0 Å². The van der Waals surface area contributed by atoms with Gasteiger partial charge < -0.3 is 15.0 Å². The monoisotopic (exact) mass is 382 g/mol. The molecule has 4 aromatic rings. The van der Waals surface area contributed by atoms with Gasteiger partial charge in [0.1, 0.15) is 0 Å². The number of nitrogens with zero attached hydrogens (tertiary/aromatic N) is 1. The Labute approximate surface area is 168 Å². The summed E-state index contributed by atoms with van der Waals surface area (Å²) >= 11 is 0. The molecule has 1 aliphatic carbocycles. The minimum absolute atomic E-state index is 0.0405. The van der Waals surface area contributed by atoms with Crippen LogP contribution in [-0.2, 0) is 19.5 Å². The molecule has 0 atom stereocenters. The quantitative estimate of drug-likeness (QED) is 0.489. The lowest BCUT2D eigenvalue weighted by molar-refractivity contribution is 0.0966. The summed E-state index contributed by atoms with van der Waals surface area (Å²) in [6, 6.07) is 15.0. The smallest absolute Gasteiger partial charge is 0.252 e. The molecule has 1 aromatic heterocycles. The number of hydrogen-bond acceptors (Lipinski definition) is 2. The summed E-state index contributed by atoms with van der Waals surface area (Å²) in [4.78, 5) is 12.9. The number of hydrogen-bond donors (Lipinski definition) is 2. The van der Waals surface area contributed by atoms with Crippen molar-refractivity contribution in [2.45, 2.75) is 32.9 Å². The highest BCUT2D eigenvalue weighted by atomic mass is 16.3. The second-order valence-corrected chi connectivity index (χ2v) is 8.20. The molecule has 0 saturated carbocycles. The third-order valence-corrected chi connectivity index (χ3v) is 6.51. The molecule has 144 valence electrons. The molecule has 0 unspecified atom stereocenters. The van der Waals surface area contributed by atoms with Crippen molar-refractivity contribution < 1.29 is 9.90 Å². The highest BCUT2D eigenvalue weighted by Gasteiger charge is 2.35. The average molecular weight is 382 g/mol. The molecule has 6 rings (SSSR count). The summed E-state index contributed by atoms with van der Waals surface area (Å²) in [6.45, 7) is 3.62. The summed E-state index contributed by atoms with van der Waals surface area (Å²) < 4.78 is 2.37. The van der Waals surface area contributed by atoms with Crippen LogP contribution in [0.4, 0.5) is 0 Å². The van der Waals surface area contributed by atoms with Crippen LogP contribution in [0.5, 0.6) is 0 Å². The van der Waals surface area contributed by atoms with Crippen LogP contribution in [-0.4, -0.2) is 22.2 Å². The van der Waals surface area contributed by atoms with E-state index in [2.05, 4.69) is 59.3 Å². The summed E-state index contributed by atoms with van der Waals surface area (Å²) in [5, 5.41) is 15.0. The van der Waals surface area contributed by atoms with Gasteiger partial charge in [0.05, 0.1) is 11.1 Å². The number of aliphatic hydroxyl groups is 1. The molecule has 2 N–H and O–H groups in total. The van der Waals surface area contributed by atoms with Crippen LogP contribution in [0, 0.1) is 6.92 Å². The molecule has 3 aromatic carbocycles. The number of benzene rings is 3. The first-order valence-electron chi connectivity index (χ1n) is 10.3. The van der Waals surface area contributed by atoms with E-state index in [1.54, 1.807) is 0 Å². The maximum Gasteiger partial charge on any atom is 0.252 e. The van der Waals surface area contributed by atoms with Crippen molar-refractivity contribution in [2.75, 3.05) is 6.61 Å². The number of aryl methyl sites for hydroxylation is 2. The zero-order valence-corrected chi connectivity index (χ0v) is 16.4. The van der Waals surface area contributed by atoms with Crippen LogP contribution in [0.15, 0.2) is 42.5 Å². The minimum Gasteiger partial charge on any atom is -0.396 e. The number of carbonyl (C=O) groups excluding carboxylic acids is 1. The van der Waals surface area contributed by atoms with Crippen molar-refractivity contribution in [3.63, 3.8) is 0 Å². The lowest BCUT2D eigenvalue weighted by Gasteiger charge is -2.13. The van der Waals surface area contributed by atoms with Crippen LogP contribution >= 0.6 is 0 Å². The summed E-state index contributed by atoms with van der Waals surface area (Å²) in [5.41, 5.74) is 10.5. The molecule has 4 heteroatoms. The highest BCUT2D eigenvalue weighted by molar-refractivity contribution is 6.20. The lowest BCUT2D eigenvalue weighted by Crippen LogP contribution is -2.13. The lowest BCUT2D eigenvalue weighted by atomic mass is 9.92. The Morgan fingerprint density at radius 1 is 1.10 bits per heavy atom. The number of carbonyl (C=O) groups is 1. The Kier molecular flexibility index (Phi) is 3.44. The van der Waals surface area contributed by atoms with Gasteiger partial charge in [-0.25, -0.2) is 0 Å². The molecule has 1 amide bonds. The van der Waals surface area contributed by atoms with Crippen LogP contribution in [0.1, 0.15) is 39.0 Å². The summed E-state index contributed by atoms with van der Waals surface area (Å²) in [7, 11) is 0. The fraction of sp³-hybridized carbons (Fsp3) is 0.240. The number of aliphatic hydroxyl groups excluding tert-OH is 1. The fourth-order valence-electron chi connectivity index (χ4n) is 5.36. The first-order valence-corrected chi connectivity index (χ1v) is 10.3. The van der Waals surface area contributed by atoms with E-state index in [0.717, 1.165) is 29.7 Å². The molecule has 29 heavy (non-hydrogen) atoms. The minimum atomic E-state index is 0.0405. The van der Waals surface area contributed by atoms with Gasteiger partial charge in [0.2, 0.25) is 0 Å². The van der Waals surface area contributed by atoms with Gasteiger partial charge in [0.25, 0.3) is 5.91 Å². The second-order valence-electron chi connectivity index (χ2n) is 8.20. The van der Waals surface area contributed by atoms with Crippen molar-refractivity contribution >= 4 is 27.7 Å². The van der Waals surface area contributed by atoms with Gasteiger partial charge in [0.15, 0.2) is 0 Å². The predicted molar refractivity (Wildman–Crippen MR) is 115 cm³/mol. The van der Waals surface area contributed by atoms with E-state index in [4.69, 9.17) is 0 Å². The highest BCUT2D eigenvalue weighted by Crippen LogP contribution is 2.48. The second kappa shape index (κ2) is 5.94. The van der Waals surface area contributed by atoms with Gasteiger partial charge >= 0.3 is 0 Å². The Bertz CT molecular complexity index is 1350. The Morgan fingerprint density at radius 2 is 1.97 bits per heavy atom. The first kappa shape index (κ1) is 16.8. The Hall–Kier alpha value is -3.11. The molecule has 0 bridgehead atoms. The standard InChI is InChI=1S/C25H22N2O2/c1-14-7-8-20-17(11-14)22-19-13-26-25(29)23(19)21-16-6-3-2-5-15(16)12-18(21)24(22)27(20)9-4-10-28/h2-3,5-8,11,28H,4,9-10,12-13H2,1H3,(H,26,29). The number of aromatic nitrogens is 1. The molecule has 0 spiro atoms. The molecular weight excluding hydrogens is 360 g/mol. The maximum atomic E-state index is 12.9. The number of nitrogens with one attached hydrogen (secondary N) is 1. The SMILES string of the molecule is Cc1ccc2c(c1)c1c3c(c4c(c1n2CCCO)Cc1ccccc1-4)C(=O)NC3. The average Bonchev–Trinajstić information content (AvgIpc) is 3.37. The molecule has 0 radical (unpaired) electrons. The van der Waals surface area contributed by atoms with E-state index in [1.165, 1.54) is 44.1 Å². The molecule has 0 fully saturated rings. The van der Waals surface area contributed by atoms with Gasteiger partial charge in [0, 0.05) is 48.0 Å². The zero-order valence-electron chi connectivity index (χ0n) is 16.4. The van der Waals surface area contributed by atoms with Crippen LogP contribution in [0.25, 0.3) is 32.9 Å². The molecule has 1 aliphatic heterocycles. The van der Waals surface area contributed by atoms with Crippen molar-refractivity contribution in [2.24, 2.45) is 0 Å². The van der Waals surface area contributed by atoms with Crippen molar-refractivity contribution in [3.8, 4) is 11.1 Å². The third kappa shape index (κ3) is 2.15. The van der Waals surface area contributed by atoms with Crippen LogP contribution in [0.2, 0.25) is 0 Å². The van der Waals surface area contributed by atoms with E-state index in [-0.39, 0.29) is 12.5 Å². The van der Waals surface area contributed by atoms with Gasteiger partial charge in [-0.15, -0.1) is 0 Å². The van der Waals surface area contributed by atoms with E-state index in [9.17, 15) is 9.90 Å². The van der Waals surface area contributed by atoms with E-state index in [0.29, 0.717) is 13.0 Å². The van der Waals surface area contributed by atoms with Gasteiger partial charge in [-0.1, -0.05) is 35.9 Å². The number of rotatable bonds is 3. The summed E-state index contributed by atoms with van der Waals surface area (Å²) in [6.07, 6.45) is 1.56. The normalized spacial score (nSPS) is 14.3. The van der Waals surface area contributed by atoms with Crippen molar-refractivity contribution in [3.05, 3.63) is 70.3 Å². The molecule has 0 saturated heterocycles. The molecular formula is C25H22N2O2. The third-order valence-electron chi connectivity index (χ3n) is 6.51. The van der Waals surface area contributed by atoms with Gasteiger partial charge in [-0.2, -0.15) is 0 Å². The van der Waals surface area contributed by atoms with Gasteiger partial charge in [-0.05, 0) is 47.7 Å². The van der Waals surface area contributed by atoms with Crippen LogP contribution < -0.4 is 5.32 Å². The Balaban J connectivity index is 1.83. The van der Waals surface area contributed by atoms with Crippen LogP contribution in [0.3, 0.4) is 0 Å². The molecule has 2 aliphatic rings. The van der Waals surface area contributed by atoms with E-state index >= 15 is 0 Å².